The number of halogens is 2. The van der Waals surface area contributed by atoms with Crippen LogP contribution in [-0.2, 0) is 7.05 Å². The van der Waals surface area contributed by atoms with Crippen LogP contribution in [0.25, 0.3) is 16.7 Å². The zero-order valence-electron chi connectivity index (χ0n) is 18.4. The van der Waals surface area contributed by atoms with Crippen molar-refractivity contribution in [2.45, 2.75) is 13.8 Å². The minimum Gasteiger partial charge on any atom is -0.307 e. The molecular formula is C25H23ClFN5O. The van der Waals surface area contributed by atoms with Crippen LogP contribution in [0.4, 0.5) is 10.2 Å². The zero-order chi connectivity index (χ0) is 22.7. The van der Waals surface area contributed by atoms with Crippen LogP contribution in [0.15, 0.2) is 73.5 Å². The summed E-state index contributed by atoms with van der Waals surface area (Å²) >= 11 is 0. The Kier molecular flexibility index (Phi) is 7.35. The molecule has 3 heterocycles. The first-order chi connectivity index (χ1) is 15.5. The fraction of sp³-hybridized carbons (Fsp3) is 0.120. The third-order valence-electron chi connectivity index (χ3n) is 5.24. The van der Waals surface area contributed by atoms with E-state index in [2.05, 4.69) is 44.6 Å². The molecule has 1 aromatic carbocycles. The number of carbonyl (C=O) groups excluding carboxylic acids is 1. The molecule has 168 valence electrons. The molecular weight excluding hydrogens is 441 g/mol. The molecule has 8 heteroatoms. The van der Waals surface area contributed by atoms with Crippen molar-refractivity contribution in [1.82, 2.24) is 19.7 Å². The minimum absolute atomic E-state index is 0. The van der Waals surface area contributed by atoms with E-state index >= 15 is 0 Å². The topological polar surface area (TPSA) is 72.7 Å². The van der Waals surface area contributed by atoms with Crippen LogP contribution < -0.4 is 5.32 Å². The van der Waals surface area contributed by atoms with E-state index in [0.29, 0.717) is 5.82 Å². The molecule has 1 N–H and O–H groups in total. The molecule has 1 amide bonds. The molecule has 0 fully saturated rings. The molecule has 0 spiro atoms. The number of allylic oxidation sites excluding steroid dienone is 1. The van der Waals surface area contributed by atoms with Crippen molar-refractivity contribution in [2.75, 3.05) is 5.32 Å². The third kappa shape index (κ3) is 5.15. The van der Waals surface area contributed by atoms with Gasteiger partial charge in [-0.05, 0) is 42.7 Å². The van der Waals surface area contributed by atoms with Gasteiger partial charge in [0.15, 0.2) is 0 Å². The highest BCUT2D eigenvalue weighted by atomic mass is 35.5. The van der Waals surface area contributed by atoms with Crippen LogP contribution in [0.2, 0.25) is 0 Å². The molecule has 4 rings (SSSR count). The summed E-state index contributed by atoms with van der Waals surface area (Å²) in [7, 11) is 1.89. The Morgan fingerprint density at radius 3 is 2.33 bits per heavy atom. The van der Waals surface area contributed by atoms with Crippen molar-refractivity contribution >= 4 is 29.7 Å². The molecule has 0 saturated carbocycles. The Morgan fingerprint density at radius 2 is 1.73 bits per heavy atom. The fourth-order valence-electron chi connectivity index (χ4n) is 3.45. The summed E-state index contributed by atoms with van der Waals surface area (Å²) in [5, 5.41) is 6.91. The normalized spacial score (nSPS) is 11.1. The van der Waals surface area contributed by atoms with Gasteiger partial charge in [-0.1, -0.05) is 30.3 Å². The first kappa shape index (κ1) is 23.8. The van der Waals surface area contributed by atoms with Crippen LogP contribution in [-0.4, -0.2) is 25.7 Å². The van der Waals surface area contributed by atoms with Crippen molar-refractivity contribution in [1.29, 1.82) is 0 Å². The van der Waals surface area contributed by atoms with Gasteiger partial charge in [0.2, 0.25) is 0 Å². The summed E-state index contributed by atoms with van der Waals surface area (Å²) in [6.45, 7) is 3.51. The monoisotopic (exact) mass is 463 g/mol. The molecule has 3 aromatic heterocycles. The molecule has 0 aliphatic heterocycles. The zero-order valence-corrected chi connectivity index (χ0v) is 19.2. The molecule has 0 aliphatic carbocycles. The lowest BCUT2D eigenvalue weighted by atomic mass is 9.97. The van der Waals surface area contributed by atoms with E-state index < -0.39 is 11.7 Å². The lowest BCUT2D eigenvalue weighted by Gasteiger charge is -2.11. The molecule has 4 aromatic rings. The quantitative estimate of drug-likeness (QED) is 0.427. The number of nitrogens with zero attached hydrogens (tertiary/aromatic N) is 4. The Balaban J connectivity index is 0.00000306. The van der Waals surface area contributed by atoms with Crippen molar-refractivity contribution in [3.05, 3.63) is 102 Å². The molecule has 0 radical (unpaired) electrons. The van der Waals surface area contributed by atoms with E-state index in [1.807, 2.05) is 38.5 Å². The highest BCUT2D eigenvalue weighted by Gasteiger charge is 2.14. The highest BCUT2D eigenvalue weighted by Crippen LogP contribution is 2.27. The standard InChI is InChI=1S/C25H22FN5O.ClH/c1-4-21(18-7-5-17(6-8-18)20-12-29-31(3)15-20)19-9-10-24(28-11-19)30-25(32)22-13-27-14-23(26)16(22)2;/h4-15H,1-3H3,(H,28,30,32);1H. The summed E-state index contributed by atoms with van der Waals surface area (Å²) in [6, 6.07) is 11.9. The second-order valence-electron chi connectivity index (χ2n) is 7.36. The van der Waals surface area contributed by atoms with Crippen molar-refractivity contribution < 1.29 is 9.18 Å². The maximum atomic E-state index is 13.7. The van der Waals surface area contributed by atoms with Gasteiger partial charge in [0.25, 0.3) is 5.91 Å². The number of hydrogen-bond acceptors (Lipinski definition) is 4. The third-order valence-corrected chi connectivity index (χ3v) is 5.24. The number of pyridine rings is 2. The van der Waals surface area contributed by atoms with Gasteiger partial charge in [-0.15, -0.1) is 12.4 Å². The summed E-state index contributed by atoms with van der Waals surface area (Å²) < 4.78 is 15.5. The minimum atomic E-state index is -0.520. The average Bonchev–Trinajstić information content (AvgIpc) is 3.24. The molecule has 0 unspecified atom stereocenters. The first-order valence-corrected chi connectivity index (χ1v) is 10.1. The van der Waals surface area contributed by atoms with Gasteiger partial charge in [0.1, 0.15) is 11.6 Å². The number of hydrogen-bond donors (Lipinski definition) is 1. The van der Waals surface area contributed by atoms with Gasteiger partial charge >= 0.3 is 0 Å². The number of anilines is 1. The maximum absolute atomic E-state index is 13.7. The number of rotatable bonds is 5. The molecule has 0 atom stereocenters. The summed E-state index contributed by atoms with van der Waals surface area (Å²) in [6.07, 6.45) is 9.97. The predicted molar refractivity (Wildman–Crippen MR) is 130 cm³/mol. The van der Waals surface area contributed by atoms with Crippen molar-refractivity contribution in [3.63, 3.8) is 0 Å². The number of nitrogens with one attached hydrogen (secondary N) is 1. The van der Waals surface area contributed by atoms with Crippen LogP contribution in [0.3, 0.4) is 0 Å². The van der Waals surface area contributed by atoms with E-state index in [-0.39, 0.29) is 23.5 Å². The number of amides is 1. The largest absolute Gasteiger partial charge is 0.307 e. The SMILES string of the molecule is CC=C(c1ccc(-c2cnn(C)c2)cc1)c1ccc(NC(=O)c2cncc(F)c2C)nc1.Cl. The van der Waals surface area contributed by atoms with Gasteiger partial charge in [0, 0.05) is 42.3 Å². The maximum Gasteiger partial charge on any atom is 0.258 e. The van der Waals surface area contributed by atoms with Gasteiger partial charge < -0.3 is 5.32 Å². The lowest BCUT2D eigenvalue weighted by Crippen LogP contribution is -2.15. The Bertz CT molecular complexity index is 1300. The van der Waals surface area contributed by atoms with Crippen LogP contribution in [0.1, 0.15) is 34.0 Å². The highest BCUT2D eigenvalue weighted by molar-refractivity contribution is 6.04. The molecule has 6 nitrogen and oxygen atoms in total. The van der Waals surface area contributed by atoms with Crippen LogP contribution in [0.5, 0.6) is 0 Å². The van der Waals surface area contributed by atoms with E-state index in [9.17, 15) is 9.18 Å². The van der Waals surface area contributed by atoms with E-state index in [4.69, 9.17) is 0 Å². The lowest BCUT2D eigenvalue weighted by molar-refractivity contribution is 0.102. The second kappa shape index (κ2) is 10.2. The van der Waals surface area contributed by atoms with Crippen LogP contribution in [0, 0.1) is 12.7 Å². The second-order valence-corrected chi connectivity index (χ2v) is 7.36. The summed E-state index contributed by atoms with van der Waals surface area (Å²) in [4.78, 5) is 20.6. The van der Waals surface area contributed by atoms with Gasteiger partial charge in [0.05, 0.1) is 18.0 Å². The smallest absolute Gasteiger partial charge is 0.258 e. The summed E-state index contributed by atoms with van der Waals surface area (Å²) in [5.74, 6) is -0.593. The van der Waals surface area contributed by atoms with Gasteiger partial charge in [-0.3, -0.25) is 14.5 Å². The van der Waals surface area contributed by atoms with Gasteiger partial charge in [-0.25, -0.2) is 9.37 Å². The number of benzene rings is 1. The first-order valence-electron chi connectivity index (χ1n) is 10.1. The van der Waals surface area contributed by atoms with Crippen molar-refractivity contribution in [3.8, 4) is 11.1 Å². The molecule has 33 heavy (non-hydrogen) atoms. The molecule has 0 aliphatic rings. The average molecular weight is 464 g/mol. The Labute approximate surface area is 197 Å². The number of aryl methyl sites for hydroxylation is 1. The predicted octanol–water partition coefficient (Wildman–Crippen LogP) is 5.45. The fourth-order valence-corrected chi connectivity index (χ4v) is 3.45. The van der Waals surface area contributed by atoms with E-state index in [1.54, 1.807) is 23.9 Å². The molecule has 0 saturated heterocycles. The van der Waals surface area contributed by atoms with Crippen molar-refractivity contribution in [2.24, 2.45) is 7.05 Å². The Hall–Kier alpha value is -3.84. The Morgan fingerprint density at radius 1 is 1.00 bits per heavy atom. The van der Waals surface area contributed by atoms with Gasteiger partial charge in [-0.2, -0.15) is 5.10 Å². The van der Waals surface area contributed by atoms with E-state index in [0.717, 1.165) is 34.0 Å². The number of aromatic nitrogens is 4. The number of carbonyl (C=O) groups is 1. The van der Waals surface area contributed by atoms with Crippen LogP contribution >= 0.6 is 12.4 Å². The van der Waals surface area contributed by atoms with E-state index in [1.165, 1.54) is 6.20 Å². The molecule has 0 bridgehead atoms. The summed E-state index contributed by atoms with van der Waals surface area (Å²) in [5.41, 5.74) is 5.59.